The molecule has 4 heteroatoms. The summed E-state index contributed by atoms with van der Waals surface area (Å²) in [6, 6.07) is 6.32. The second-order valence-corrected chi connectivity index (χ2v) is 6.06. The van der Waals surface area contributed by atoms with Crippen LogP contribution in [-0.4, -0.2) is 37.4 Å². The molecule has 1 aromatic rings. The fraction of sp³-hybridized carbons (Fsp3) is 0.647. The van der Waals surface area contributed by atoms with Crippen molar-refractivity contribution in [2.24, 2.45) is 0 Å². The number of hydrogen-bond acceptors (Lipinski definition) is 4. The zero-order chi connectivity index (χ0) is 14.7. The van der Waals surface area contributed by atoms with Gasteiger partial charge in [0.2, 0.25) is 0 Å². The molecule has 1 aromatic carbocycles. The zero-order valence-corrected chi connectivity index (χ0v) is 12.8. The van der Waals surface area contributed by atoms with Crippen LogP contribution in [0, 0.1) is 0 Å². The van der Waals surface area contributed by atoms with E-state index in [4.69, 9.17) is 4.74 Å². The van der Waals surface area contributed by atoms with Crippen LogP contribution >= 0.6 is 0 Å². The molecule has 3 rings (SSSR count). The van der Waals surface area contributed by atoms with E-state index in [2.05, 4.69) is 23.2 Å². The largest absolute Gasteiger partial charge is 0.490 e. The summed E-state index contributed by atoms with van der Waals surface area (Å²) in [4.78, 5) is 2.36. The van der Waals surface area contributed by atoms with Crippen molar-refractivity contribution in [1.29, 1.82) is 0 Å². The molecule has 2 N–H and O–H groups in total. The molecule has 2 atom stereocenters. The van der Waals surface area contributed by atoms with Crippen LogP contribution in [0.3, 0.4) is 0 Å². The average Bonchev–Trinajstić information content (AvgIpc) is 2.55. The number of fused-ring (bicyclic) bond motifs is 1. The fourth-order valence-corrected chi connectivity index (χ4v) is 3.36. The molecule has 0 bridgehead atoms. The highest BCUT2D eigenvalue weighted by molar-refractivity contribution is 5.61. The van der Waals surface area contributed by atoms with Crippen molar-refractivity contribution in [1.82, 2.24) is 5.32 Å². The Labute approximate surface area is 127 Å². The van der Waals surface area contributed by atoms with E-state index < -0.39 is 6.10 Å². The van der Waals surface area contributed by atoms with E-state index in [0.717, 1.165) is 56.1 Å². The van der Waals surface area contributed by atoms with E-state index in [1.807, 2.05) is 12.1 Å². The molecule has 21 heavy (non-hydrogen) atoms. The number of anilines is 1. The minimum atomic E-state index is -0.430. The molecule has 2 heterocycles. The van der Waals surface area contributed by atoms with Crippen molar-refractivity contribution in [2.75, 3.05) is 31.1 Å². The molecule has 1 fully saturated rings. The van der Waals surface area contributed by atoms with Crippen LogP contribution in [0.15, 0.2) is 18.2 Å². The number of piperidine rings is 1. The second-order valence-electron chi connectivity index (χ2n) is 6.06. The van der Waals surface area contributed by atoms with Gasteiger partial charge in [0.05, 0.1) is 18.3 Å². The lowest BCUT2D eigenvalue weighted by Gasteiger charge is -2.33. The van der Waals surface area contributed by atoms with Crippen LogP contribution in [-0.2, 0) is 0 Å². The van der Waals surface area contributed by atoms with Gasteiger partial charge < -0.3 is 20.1 Å². The van der Waals surface area contributed by atoms with E-state index in [1.165, 1.54) is 12.8 Å². The van der Waals surface area contributed by atoms with Crippen LogP contribution in [0.2, 0.25) is 0 Å². The molecule has 0 aromatic heterocycles. The lowest BCUT2D eigenvalue weighted by atomic mass is 9.94. The van der Waals surface area contributed by atoms with E-state index in [1.54, 1.807) is 0 Å². The molecular formula is C17H26N2O2. The van der Waals surface area contributed by atoms with Gasteiger partial charge in [-0.2, -0.15) is 0 Å². The normalized spacial score (nSPS) is 23.3. The summed E-state index contributed by atoms with van der Waals surface area (Å²) in [5, 5.41) is 14.1. The summed E-state index contributed by atoms with van der Waals surface area (Å²) >= 11 is 0. The van der Waals surface area contributed by atoms with Crippen LogP contribution in [0.4, 0.5) is 5.69 Å². The molecule has 116 valence electrons. The van der Waals surface area contributed by atoms with E-state index in [0.29, 0.717) is 0 Å². The van der Waals surface area contributed by atoms with Gasteiger partial charge in [0.25, 0.3) is 0 Å². The van der Waals surface area contributed by atoms with Crippen molar-refractivity contribution >= 4 is 5.69 Å². The van der Waals surface area contributed by atoms with Crippen molar-refractivity contribution < 1.29 is 9.84 Å². The van der Waals surface area contributed by atoms with Gasteiger partial charge in [-0.1, -0.05) is 19.4 Å². The Morgan fingerprint density at radius 1 is 1.43 bits per heavy atom. The van der Waals surface area contributed by atoms with Crippen molar-refractivity contribution in [3.63, 3.8) is 0 Å². The average molecular weight is 290 g/mol. The molecule has 2 aliphatic rings. The summed E-state index contributed by atoms with van der Waals surface area (Å²) < 4.78 is 5.74. The highest BCUT2D eigenvalue weighted by Gasteiger charge is 2.25. The van der Waals surface area contributed by atoms with Gasteiger partial charge in [0.1, 0.15) is 12.4 Å². The maximum absolute atomic E-state index is 10.6. The molecule has 1 saturated heterocycles. The third-order valence-corrected chi connectivity index (χ3v) is 4.51. The standard InChI is InChI=1S/C17H26N2O2/c1-2-9-19-10-11-21-16-7-6-13(12-15(16)19)17(20)14-5-3-4-8-18-14/h6-7,12,14,17-18,20H,2-5,8-11H2,1H3. The first-order valence-electron chi connectivity index (χ1n) is 8.22. The Morgan fingerprint density at radius 2 is 2.33 bits per heavy atom. The summed E-state index contributed by atoms with van der Waals surface area (Å²) in [7, 11) is 0. The number of aliphatic hydroxyl groups excluding tert-OH is 1. The van der Waals surface area contributed by atoms with E-state index in [9.17, 15) is 5.11 Å². The summed E-state index contributed by atoms with van der Waals surface area (Å²) in [6.45, 7) is 5.93. The highest BCUT2D eigenvalue weighted by atomic mass is 16.5. The first-order valence-corrected chi connectivity index (χ1v) is 8.22. The van der Waals surface area contributed by atoms with Gasteiger partial charge in [-0.15, -0.1) is 0 Å². The molecule has 0 radical (unpaired) electrons. The van der Waals surface area contributed by atoms with Crippen LogP contribution < -0.4 is 15.0 Å². The summed E-state index contributed by atoms with van der Waals surface area (Å²) in [6.07, 6.45) is 4.15. The Bertz CT molecular complexity index is 472. The molecule has 4 nitrogen and oxygen atoms in total. The molecule has 0 aliphatic carbocycles. The number of hydrogen-bond donors (Lipinski definition) is 2. The fourth-order valence-electron chi connectivity index (χ4n) is 3.36. The Balaban J connectivity index is 1.81. The van der Waals surface area contributed by atoms with Gasteiger partial charge in [0, 0.05) is 12.6 Å². The SMILES string of the molecule is CCCN1CCOc2ccc(C(O)C3CCCCN3)cc21. The minimum Gasteiger partial charge on any atom is -0.490 e. The van der Waals surface area contributed by atoms with Gasteiger partial charge in [-0.05, 0) is 43.5 Å². The predicted octanol–water partition coefficient (Wildman–Crippen LogP) is 2.47. The van der Waals surface area contributed by atoms with Crippen LogP contribution in [0.25, 0.3) is 0 Å². The molecule has 2 aliphatic heterocycles. The topological polar surface area (TPSA) is 44.7 Å². The number of nitrogens with one attached hydrogen (secondary N) is 1. The minimum absolute atomic E-state index is 0.181. The molecule has 2 unspecified atom stereocenters. The smallest absolute Gasteiger partial charge is 0.142 e. The quantitative estimate of drug-likeness (QED) is 0.894. The van der Waals surface area contributed by atoms with Crippen molar-refractivity contribution in [2.45, 2.75) is 44.8 Å². The number of ether oxygens (including phenoxy) is 1. The monoisotopic (exact) mass is 290 g/mol. The summed E-state index contributed by atoms with van der Waals surface area (Å²) in [5.41, 5.74) is 2.13. The molecular weight excluding hydrogens is 264 g/mol. The Hall–Kier alpha value is -1.26. The van der Waals surface area contributed by atoms with Crippen LogP contribution in [0.5, 0.6) is 5.75 Å². The predicted molar refractivity (Wildman–Crippen MR) is 85.0 cm³/mol. The third-order valence-electron chi connectivity index (χ3n) is 4.51. The number of nitrogens with zero attached hydrogens (tertiary/aromatic N) is 1. The highest BCUT2D eigenvalue weighted by Crippen LogP contribution is 2.35. The van der Waals surface area contributed by atoms with Gasteiger partial charge in [0.15, 0.2) is 0 Å². The Kier molecular flexibility index (Phi) is 4.66. The van der Waals surface area contributed by atoms with E-state index in [-0.39, 0.29) is 6.04 Å². The maximum Gasteiger partial charge on any atom is 0.142 e. The number of aliphatic hydroxyl groups is 1. The van der Waals surface area contributed by atoms with Gasteiger partial charge in [-0.25, -0.2) is 0 Å². The Morgan fingerprint density at radius 3 is 3.10 bits per heavy atom. The first-order chi connectivity index (χ1) is 10.3. The van der Waals surface area contributed by atoms with Gasteiger partial charge in [-0.3, -0.25) is 0 Å². The second kappa shape index (κ2) is 6.67. The number of benzene rings is 1. The van der Waals surface area contributed by atoms with Crippen molar-refractivity contribution in [3.8, 4) is 5.75 Å². The van der Waals surface area contributed by atoms with E-state index >= 15 is 0 Å². The van der Waals surface area contributed by atoms with Gasteiger partial charge >= 0.3 is 0 Å². The lowest BCUT2D eigenvalue weighted by Crippen LogP contribution is -2.39. The maximum atomic E-state index is 10.6. The molecule has 0 amide bonds. The summed E-state index contributed by atoms with van der Waals surface area (Å²) in [5.74, 6) is 0.947. The third kappa shape index (κ3) is 3.16. The first kappa shape index (κ1) is 14.7. The van der Waals surface area contributed by atoms with Crippen molar-refractivity contribution in [3.05, 3.63) is 23.8 Å². The van der Waals surface area contributed by atoms with Crippen LogP contribution in [0.1, 0.15) is 44.3 Å². The molecule has 0 spiro atoms. The molecule has 0 saturated carbocycles. The lowest BCUT2D eigenvalue weighted by molar-refractivity contribution is 0.114. The number of rotatable bonds is 4. The zero-order valence-electron chi connectivity index (χ0n) is 12.8.